The number of piperidine rings is 1. The van der Waals surface area contributed by atoms with Gasteiger partial charge in [0.05, 0.1) is 16.9 Å². The van der Waals surface area contributed by atoms with Crippen molar-refractivity contribution in [3.63, 3.8) is 0 Å². The van der Waals surface area contributed by atoms with Crippen molar-refractivity contribution in [2.24, 2.45) is 0 Å². The van der Waals surface area contributed by atoms with E-state index in [1.807, 2.05) is 17.7 Å². The van der Waals surface area contributed by atoms with E-state index in [1.165, 1.54) is 22.8 Å². The minimum Gasteiger partial charge on any atom is -0.338 e. The van der Waals surface area contributed by atoms with Crippen molar-refractivity contribution >= 4 is 50.7 Å². The van der Waals surface area contributed by atoms with E-state index in [9.17, 15) is 22.4 Å². The number of hydrogen-bond acceptors (Lipinski definition) is 7. The van der Waals surface area contributed by atoms with Crippen molar-refractivity contribution in [3.8, 4) is 0 Å². The molecule has 11 nitrogen and oxygen atoms in total. The first-order valence-corrected chi connectivity index (χ1v) is 15.2. The normalized spacial score (nSPS) is 14.1. The smallest absolute Gasteiger partial charge is 0.328 e. The molecule has 0 spiro atoms. The summed E-state index contributed by atoms with van der Waals surface area (Å²) in [5.74, 6) is -0.265. The molecule has 42 heavy (non-hydrogen) atoms. The zero-order chi connectivity index (χ0) is 30.0. The highest BCUT2D eigenvalue weighted by Crippen LogP contribution is 2.32. The number of carbonyl (C=O) groups excluding carboxylic acids is 2. The zero-order valence-electron chi connectivity index (χ0n) is 22.9. The first-order valence-electron chi connectivity index (χ1n) is 13.3. The second-order valence-electron chi connectivity index (χ2n) is 9.96. The highest BCUT2D eigenvalue weighted by atomic mass is 35.5. The van der Waals surface area contributed by atoms with Crippen molar-refractivity contribution in [2.45, 2.75) is 37.5 Å². The zero-order valence-corrected chi connectivity index (χ0v) is 24.5. The summed E-state index contributed by atoms with van der Waals surface area (Å²) in [6.45, 7) is 4.68. The monoisotopic (exact) mass is 613 g/mol. The predicted molar refractivity (Wildman–Crippen MR) is 156 cm³/mol. The van der Waals surface area contributed by atoms with E-state index < -0.39 is 16.1 Å². The van der Waals surface area contributed by atoms with Gasteiger partial charge in [-0.05, 0) is 68.0 Å². The summed E-state index contributed by atoms with van der Waals surface area (Å²) in [6, 6.07) is 10.8. The van der Waals surface area contributed by atoms with Gasteiger partial charge in [0.2, 0.25) is 0 Å². The van der Waals surface area contributed by atoms with E-state index in [1.54, 1.807) is 36.1 Å². The fourth-order valence-corrected chi connectivity index (χ4v) is 6.09. The molecular weight excluding hydrogens is 585 g/mol. The van der Waals surface area contributed by atoms with Crippen LogP contribution in [-0.2, 0) is 10.0 Å². The Labute approximate surface area is 247 Å². The van der Waals surface area contributed by atoms with Crippen LogP contribution in [0.1, 0.15) is 47.2 Å². The lowest BCUT2D eigenvalue weighted by Gasteiger charge is -2.32. The van der Waals surface area contributed by atoms with Crippen LogP contribution >= 0.6 is 11.6 Å². The van der Waals surface area contributed by atoms with Crippen LogP contribution in [-0.4, -0.2) is 59.5 Å². The molecule has 0 bridgehead atoms. The summed E-state index contributed by atoms with van der Waals surface area (Å²) in [7, 11) is -4.34. The highest BCUT2D eigenvalue weighted by molar-refractivity contribution is 7.90. The highest BCUT2D eigenvalue weighted by Gasteiger charge is 2.30. The first kappa shape index (κ1) is 29.3. The molecule has 0 unspecified atom stereocenters. The van der Waals surface area contributed by atoms with Crippen LogP contribution in [0.15, 0.2) is 59.8 Å². The number of sulfonamides is 1. The number of hydrogen-bond donors (Lipinski definition) is 3. The van der Waals surface area contributed by atoms with Gasteiger partial charge in [0.15, 0.2) is 10.5 Å². The third-order valence-corrected chi connectivity index (χ3v) is 8.73. The average molecular weight is 614 g/mol. The maximum atomic E-state index is 13.9. The SMILES string of the molecule is CCNC(=O)NS(=O)(=O)c1cnn2c(Nc3cc(C)ccc3Cl)c(C(=O)N3CCC(c4ccc(F)cc4)CC3)cnc12. The van der Waals surface area contributed by atoms with Gasteiger partial charge in [0.1, 0.15) is 17.2 Å². The molecule has 1 aliphatic rings. The lowest BCUT2D eigenvalue weighted by Crippen LogP contribution is -2.39. The molecule has 4 aromatic rings. The number of nitrogens with one attached hydrogen (secondary N) is 3. The van der Waals surface area contributed by atoms with Gasteiger partial charge >= 0.3 is 6.03 Å². The summed E-state index contributed by atoms with van der Waals surface area (Å²) in [4.78, 5) is 31.5. The Balaban J connectivity index is 1.50. The van der Waals surface area contributed by atoms with E-state index in [-0.39, 0.29) is 46.1 Å². The van der Waals surface area contributed by atoms with Gasteiger partial charge in [-0.2, -0.15) is 9.61 Å². The van der Waals surface area contributed by atoms with Crippen molar-refractivity contribution < 1.29 is 22.4 Å². The number of carbonyl (C=O) groups is 2. The van der Waals surface area contributed by atoms with Crippen LogP contribution in [0.25, 0.3) is 5.65 Å². The number of likely N-dealkylation sites (tertiary alicyclic amines) is 1. The van der Waals surface area contributed by atoms with Crippen molar-refractivity contribution in [1.82, 2.24) is 29.5 Å². The molecule has 220 valence electrons. The number of rotatable bonds is 7. The van der Waals surface area contributed by atoms with Crippen LogP contribution < -0.4 is 15.4 Å². The molecule has 1 fully saturated rings. The van der Waals surface area contributed by atoms with E-state index in [4.69, 9.17) is 11.6 Å². The molecule has 0 saturated carbocycles. The maximum Gasteiger partial charge on any atom is 0.328 e. The molecule has 14 heteroatoms. The Hall–Kier alpha value is -4.23. The van der Waals surface area contributed by atoms with Crippen LogP contribution in [0.2, 0.25) is 5.02 Å². The number of amides is 3. The molecule has 3 amide bonds. The summed E-state index contributed by atoms with van der Waals surface area (Å²) in [5.41, 5.74) is 2.47. The second kappa shape index (κ2) is 11.9. The lowest BCUT2D eigenvalue weighted by atomic mass is 9.89. The Morgan fingerprint density at radius 3 is 2.50 bits per heavy atom. The Morgan fingerprint density at radius 2 is 1.81 bits per heavy atom. The van der Waals surface area contributed by atoms with Gasteiger partial charge in [-0.25, -0.2) is 27.3 Å². The van der Waals surface area contributed by atoms with Crippen molar-refractivity contribution in [2.75, 3.05) is 25.0 Å². The van der Waals surface area contributed by atoms with E-state index in [0.717, 1.165) is 17.3 Å². The van der Waals surface area contributed by atoms with Gasteiger partial charge in [0.25, 0.3) is 15.9 Å². The Bertz CT molecular complexity index is 1750. The second-order valence-corrected chi connectivity index (χ2v) is 12.0. The molecule has 0 atom stereocenters. The quantitative estimate of drug-likeness (QED) is 0.277. The number of aromatic nitrogens is 3. The van der Waals surface area contributed by atoms with Crippen LogP contribution in [0.4, 0.5) is 20.7 Å². The first-order chi connectivity index (χ1) is 20.1. The van der Waals surface area contributed by atoms with E-state index in [0.29, 0.717) is 36.6 Å². The predicted octanol–water partition coefficient (Wildman–Crippen LogP) is 4.60. The molecule has 0 aliphatic carbocycles. The average Bonchev–Trinajstić information content (AvgIpc) is 3.41. The summed E-state index contributed by atoms with van der Waals surface area (Å²) in [6.07, 6.45) is 3.74. The van der Waals surface area contributed by atoms with Gasteiger partial charge in [-0.15, -0.1) is 0 Å². The number of nitrogens with zero attached hydrogens (tertiary/aromatic N) is 4. The number of benzene rings is 2. The largest absolute Gasteiger partial charge is 0.338 e. The minimum atomic E-state index is -4.34. The minimum absolute atomic E-state index is 0.0929. The van der Waals surface area contributed by atoms with Gasteiger partial charge < -0.3 is 15.5 Å². The summed E-state index contributed by atoms with van der Waals surface area (Å²) >= 11 is 6.45. The fourth-order valence-electron chi connectivity index (χ4n) is 4.93. The molecule has 2 aromatic carbocycles. The fraction of sp³-hybridized carbons (Fsp3) is 0.286. The van der Waals surface area contributed by atoms with Crippen molar-refractivity contribution in [3.05, 3.63) is 82.4 Å². The molecule has 5 rings (SSSR count). The number of fused-ring (bicyclic) bond motifs is 1. The topological polar surface area (TPSA) is 138 Å². The molecule has 0 radical (unpaired) electrons. The molecule has 1 saturated heterocycles. The van der Waals surface area contributed by atoms with Crippen LogP contribution in [0.3, 0.4) is 0 Å². The number of anilines is 2. The van der Waals surface area contributed by atoms with E-state index >= 15 is 0 Å². The third kappa shape index (κ3) is 6.02. The Kier molecular flexibility index (Phi) is 8.32. The van der Waals surface area contributed by atoms with Gasteiger partial charge in [-0.3, -0.25) is 4.79 Å². The molecule has 3 heterocycles. The number of urea groups is 1. The molecule has 1 aliphatic heterocycles. The lowest BCUT2D eigenvalue weighted by molar-refractivity contribution is 0.0713. The summed E-state index contributed by atoms with van der Waals surface area (Å²) in [5, 5.41) is 10.1. The number of halogens is 2. The summed E-state index contributed by atoms with van der Waals surface area (Å²) < 4.78 is 42.5. The standard InChI is InChI=1S/C28H29ClFN7O4S/c1-3-31-28(39)35-42(40,41)24-16-33-37-25(34-23-14-17(2)4-9-22(23)29)21(15-32-26(24)37)27(38)36-12-10-19(11-13-36)18-5-7-20(30)8-6-18/h4-9,14-16,19,34H,3,10-13H2,1-2H3,(H2,31,35,39). The number of aryl methyl sites for hydroxylation is 1. The van der Waals surface area contributed by atoms with E-state index in [2.05, 4.69) is 20.7 Å². The molecule has 2 aromatic heterocycles. The van der Waals surface area contributed by atoms with Gasteiger partial charge in [0, 0.05) is 25.8 Å². The Morgan fingerprint density at radius 1 is 1.10 bits per heavy atom. The maximum absolute atomic E-state index is 13.9. The third-order valence-electron chi connectivity index (χ3n) is 7.08. The van der Waals surface area contributed by atoms with Gasteiger partial charge in [-0.1, -0.05) is 29.8 Å². The van der Waals surface area contributed by atoms with Crippen LogP contribution in [0, 0.1) is 12.7 Å². The van der Waals surface area contributed by atoms with Crippen molar-refractivity contribution in [1.29, 1.82) is 0 Å². The molecule has 3 N–H and O–H groups in total. The van der Waals surface area contributed by atoms with Crippen LogP contribution in [0.5, 0.6) is 0 Å². The molecular formula is C28H29ClFN7O4S.